The summed E-state index contributed by atoms with van der Waals surface area (Å²) in [5, 5.41) is 13.4. The van der Waals surface area contributed by atoms with Crippen LogP contribution in [0.3, 0.4) is 0 Å². The number of benzene rings is 1. The Morgan fingerprint density at radius 1 is 1.22 bits per heavy atom. The van der Waals surface area contributed by atoms with Gasteiger partial charge in [-0.15, -0.1) is 0 Å². The first-order valence-corrected chi connectivity index (χ1v) is 12.6. The summed E-state index contributed by atoms with van der Waals surface area (Å²) >= 11 is 0. The monoisotopic (exact) mass is 455 g/mol. The quantitative estimate of drug-likeness (QED) is 0.601. The van der Waals surface area contributed by atoms with E-state index in [4.69, 9.17) is 9.47 Å². The van der Waals surface area contributed by atoms with E-state index in [0.717, 1.165) is 42.4 Å². The van der Waals surface area contributed by atoms with E-state index in [-0.39, 0.29) is 23.3 Å². The molecule has 2 fully saturated rings. The zero-order valence-corrected chi connectivity index (χ0v) is 18.7. The van der Waals surface area contributed by atoms with Gasteiger partial charge in [0.2, 0.25) is 15.7 Å². The zero-order valence-electron chi connectivity index (χ0n) is 17.9. The SMILES string of the molecule is COC1COc2cc(S(=O)(=O)CC(=O)Cc3c(C4CC4)cc(C#N)cc3C3CC3)nn2C1. The minimum absolute atomic E-state index is 0.0679. The van der Waals surface area contributed by atoms with E-state index in [1.807, 2.05) is 12.1 Å². The number of fused-ring (bicyclic) bond motifs is 1. The Hall–Kier alpha value is -2.70. The maximum absolute atomic E-state index is 13.0. The highest BCUT2D eigenvalue weighted by Crippen LogP contribution is 2.48. The second-order valence-corrected chi connectivity index (χ2v) is 10.9. The lowest BCUT2D eigenvalue weighted by Crippen LogP contribution is -2.31. The van der Waals surface area contributed by atoms with Crippen LogP contribution in [0.15, 0.2) is 23.2 Å². The van der Waals surface area contributed by atoms with E-state index in [9.17, 15) is 18.5 Å². The summed E-state index contributed by atoms with van der Waals surface area (Å²) < 4.78 is 38.1. The highest BCUT2D eigenvalue weighted by molar-refractivity contribution is 7.92. The summed E-state index contributed by atoms with van der Waals surface area (Å²) in [5.41, 5.74) is 3.65. The molecule has 2 saturated carbocycles. The molecule has 8 nitrogen and oxygen atoms in total. The van der Waals surface area contributed by atoms with Crippen LogP contribution in [0, 0.1) is 11.3 Å². The number of aromatic nitrogens is 2. The number of nitriles is 1. The van der Waals surface area contributed by atoms with Gasteiger partial charge in [0, 0.05) is 19.6 Å². The van der Waals surface area contributed by atoms with Crippen LogP contribution in [0.2, 0.25) is 0 Å². The van der Waals surface area contributed by atoms with Gasteiger partial charge in [0.05, 0.1) is 18.2 Å². The van der Waals surface area contributed by atoms with Gasteiger partial charge in [-0.1, -0.05) is 0 Å². The van der Waals surface area contributed by atoms with Gasteiger partial charge in [-0.2, -0.15) is 10.4 Å². The molecule has 5 rings (SSSR count). The first kappa shape index (κ1) is 21.2. The van der Waals surface area contributed by atoms with Crippen LogP contribution in [-0.2, 0) is 32.3 Å². The maximum Gasteiger partial charge on any atom is 0.213 e. The third kappa shape index (κ3) is 4.17. The van der Waals surface area contributed by atoms with Crippen molar-refractivity contribution < 1.29 is 22.7 Å². The molecule has 0 saturated heterocycles. The Labute approximate surface area is 187 Å². The number of ketones is 1. The molecule has 32 heavy (non-hydrogen) atoms. The second-order valence-electron chi connectivity index (χ2n) is 8.94. The number of hydrogen-bond donors (Lipinski definition) is 0. The van der Waals surface area contributed by atoms with Crippen LogP contribution >= 0.6 is 0 Å². The number of carbonyl (C=O) groups is 1. The van der Waals surface area contributed by atoms with Crippen molar-refractivity contribution >= 4 is 15.6 Å². The van der Waals surface area contributed by atoms with Crippen molar-refractivity contribution in [1.29, 1.82) is 5.26 Å². The lowest BCUT2D eigenvalue weighted by molar-refractivity contribution is -0.116. The van der Waals surface area contributed by atoms with Gasteiger partial charge in [-0.25, -0.2) is 13.1 Å². The minimum Gasteiger partial charge on any atom is -0.475 e. The van der Waals surface area contributed by atoms with Crippen molar-refractivity contribution in [2.24, 2.45) is 0 Å². The Kier molecular flexibility index (Phi) is 5.30. The Bertz CT molecular complexity index is 1190. The molecule has 1 atom stereocenters. The number of hydrogen-bond acceptors (Lipinski definition) is 7. The number of ether oxygens (including phenoxy) is 2. The molecule has 0 amide bonds. The van der Waals surface area contributed by atoms with E-state index in [1.165, 1.54) is 10.7 Å². The number of Topliss-reactive ketones (excluding diaryl/α,β-unsaturated/α-hetero) is 1. The summed E-state index contributed by atoms with van der Waals surface area (Å²) in [6, 6.07) is 7.37. The average molecular weight is 456 g/mol. The van der Waals surface area contributed by atoms with Crippen LogP contribution in [0.25, 0.3) is 0 Å². The van der Waals surface area contributed by atoms with Crippen molar-refractivity contribution in [3.63, 3.8) is 0 Å². The van der Waals surface area contributed by atoms with Crippen molar-refractivity contribution in [2.45, 2.75) is 61.6 Å². The van der Waals surface area contributed by atoms with Crippen LogP contribution in [0.1, 0.15) is 59.8 Å². The first-order valence-electron chi connectivity index (χ1n) is 10.9. The predicted molar refractivity (Wildman–Crippen MR) is 114 cm³/mol. The van der Waals surface area contributed by atoms with E-state index < -0.39 is 15.6 Å². The molecular formula is C23H25N3O5S. The van der Waals surface area contributed by atoms with Crippen LogP contribution < -0.4 is 4.74 Å². The van der Waals surface area contributed by atoms with Crippen molar-refractivity contribution in [3.05, 3.63) is 40.5 Å². The van der Waals surface area contributed by atoms with Gasteiger partial charge in [0.15, 0.2) is 10.8 Å². The van der Waals surface area contributed by atoms with E-state index in [0.29, 0.717) is 36.4 Å². The lowest BCUT2D eigenvalue weighted by Gasteiger charge is -2.22. The molecular weight excluding hydrogens is 430 g/mol. The molecule has 2 aromatic rings. The minimum atomic E-state index is -3.90. The van der Waals surface area contributed by atoms with Gasteiger partial charge < -0.3 is 9.47 Å². The van der Waals surface area contributed by atoms with Gasteiger partial charge in [-0.05, 0) is 66.3 Å². The van der Waals surface area contributed by atoms with E-state index in [2.05, 4.69) is 11.2 Å². The summed E-state index contributed by atoms with van der Waals surface area (Å²) in [5.74, 6) is 0.131. The molecule has 2 aliphatic carbocycles. The molecule has 1 unspecified atom stereocenters. The van der Waals surface area contributed by atoms with Crippen LogP contribution in [0.5, 0.6) is 5.88 Å². The summed E-state index contributed by atoms with van der Waals surface area (Å²) in [7, 11) is -2.34. The predicted octanol–water partition coefficient (Wildman–Crippen LogP) is 2.50. The summed E-state index contributed by atoms with van der Waals surface area (Å²) in [4.78, 5) is 13.0. The number of carbonyl (C=O) groups excluding carboxylic acids is 1. The normalized spacial score (nSPS) is 20.3. The fourth-order valence-corrected chi connectivity index (χ4v) is 5.56. The zero-order chi connectivity index (χ0) is 22.5. The molecule has 0 N–H and O–H groups in total. The van der Waals surface area contributed by atoms with Gasteiger partial charge in [0.25, 0.3) is 0 Å². The van der Waals surface area contributed by atoms with Gasteiger partial charge >= 0.3 is 0 Å². The Morgan fingerprint density at radius 2 is 1.88 bits per heavy atom. The smallest absolute Gasteiger partial charge is 0.213 e. The first-order chi connectivity index (χ1) is 15.4. The van der Waals surface area contributed by atoms with Crippen LogP contribution in [0.4, 0.5) is 0 Å². The largest absolute Gasteiger partial charge is 0.475 e. The lowest BCUT2D eigenvalue weighted by atomic mass is 9.89. The fraction of sp³-hybridized carbons (Fsp3) is 0.522. The van der Waals surface area contributed by atoms with Gasteiger partial charge in [-0.3, -0.25) is 4.79 Å². The molecule has 0 radical (unpaired) electrons. The Morgan fingerprint density at radius 3 is 2.44 bits per heavy atom. The topological polar surface area (TPSA) is 111 Å². The highest BCUT2D eigenvalue weighted by Gasteiger charge is 2.34. The number of nitrogens with zero attached hydrogens (tertiary/aromatic N) is 3. The molecule has 1 aliphatic heterocycles. The molecule has 0 spiro atoms. The van der Waals surface area contributed by atoms with Crippen molar-refractivity contribution in [3.8, 4) is 11.9 Å². The maximum atomic E-state index is 13.0. The van der Waals surface area contributed by atoms with E-state index >= 15 is 0 Å². The van der Waals surface area contributed by atoms with E-state index in [1.54, 1.807) is 7.11 Å². The average Bonchev–Trinajstić information content (AvgIpc) is 3.69. The second kappa shape index (κ2) is 8.01. The van der Waals surface area contributed by atoms with Gasteiger partial charge in [0.1, 0.15) is 18.5 Å². The molecule has 1 aromatic heterocycles. The molecule has 168 valence electrons. The fourth-order valence-electron chi connectivity index (χ4n) is 4.38. The van der Waals surface area contributed by atoms with Crippen molar-refractivity contribution in [1.82, 2.24) is 9.78 Å². The molecule has 2 heterocycles. The van der Waals surface area contributed by atoms with Crippen molar-refractivity contribution in [2.75, 3.05) is 19.5 Å². The summed E-state index contributed by atoms with van der Waals surface area (Å²) in [6.45, 7) is 0.725. The van der Waals surface area contributed by atoms with Crippen LogP contribution in [-0.4, -0.2) is 49.6 Å². The summed E-state index contributed by atoms with van der Waals surface area (Å²) in [6.07, 6.45) is 4.04. The number of methoxy groups -OCH3 is 1. The number of rotatable bonds is 8. The third-order valence-corrected chi connectivity index (χ3v) is 7.91. The highest BCUT2D eigenvalue weighted by atomic mass is 32.2. The molecule has 1 aromatic carbocycles. The third-order valence-electron chi connectivity index (χ3n) is 6.37. The Balaban J connectivity index is 1.37. The molecule has 0 bridgehead atoms. The standard InChI is InChI=1S/C23H25N3O5S/c1-30-18-11-26-23(31-12-18)9-22(25-26)32(28,29)13-17(27)8-21-19(15-2-3-15)6-14(10-24)7-20(21)16-4-5-16/h6-7,9,15-16,18H,2-5,8,11-13H2,1H3. The number of sulfone groups is 1. The molecule has 3 aliphatic rings. The molecule has 9 heteroatoms.